The van der Waals surface area contributed by atoms with Gasteiger partial charge in [0.15, 0.2) is 5.82 Å². The standard InChI is InChI=1S/C9H11FN2O2/c1-2-3-7(9(13)14)8-11-4-6(10)5-12-8/h4-5,7H,2-3H2,1H3,(H,13,14). The molecule has 0 aromatic carbocycles. The second-order valence-corrected chi connectivity index (χ2v) is 2.94. The molecular weight excluding hydrogens is 187 g/mol. The highest BCUT2D eigenvalue weighted by Gasteiger charge is 2.21. The van der Waals surface area contributed by atoms with Crippen LogP contribution in [0.1, 0.15) is 31.5 Å². The zero-order chi connectivity index (χ0) is 10.6. The minimum atomic E-state index is -0.974. The molecule has 0 fully saturated rings. The van der Waals surface area contributed by atoms with E-state index in [0.717, 1.165) is 18.8 Å². The molecule has 76 valence electrons. The summed E-state index contributed by atoms with van der Waals surface area (Å²) in [5.41, 5.74) is 0. The number of aromatic nitrogens is 2. The summed E-state index contributed by atoms with van der Waals surface area (Å²) in [6.45, 7) is 1.87. The summed E-state index contributed by atoms with van der Waals surface area (Å²) in [4.78, 5) is 18.1. The monoisotopic (exact) mass is 198 g/mol. The third-order valence-corrected chi connectivity index (χ3v) is 1.83. The van der Waals surface area contributed by atoms with E-state index in [9.17, 15) is 9.18 Å². The lowest BCUT2D eigenvalue weighted by atomic mass is 10.0. The Bertz CT molecular complexity index is 313. The zero-order valence-electron chi connectivity index (χ0n) is 7.77. The van der Waals surface area contributed by atoms with Crippen LogP contribution >= 0.6 is 0 Å². The first-order valence-corrected chi connectivity index (χ1v) is 4.35. The lowest BCUT2D eigenvalue weighted by Gasteiger charge is -2.08. The molecule has 0 bridgehead atoms. The molecule has 1 rings (SSSR count). The van der Waals surface area contributed by atoms with Crippen LogP contribution in [-0.4, -0.2) is 21.0 Å². The fraction of sp³-hybridized carbons (Fsp3) is 0.444. The molecule has 0 saturated carbocycles. The quantitative estimate of drug-likeness (QED) is 0.797. The van der Waals surface area contributed by atoms with Crippen LogP contribution < -0.4 is 0 Å². The number of carboxylic acid groups (broad SMARTS) is 1. The Labute approximate surface area is 80.8 Å². The maximum absolute atomic E-state index is 12.5. The number of rotatable bonds is 4. The van der Waals surface area contributed by atoms with Crippen molar-refractivity contribution in [3.8, 4) is 0 Å². The summed E-state index contributed by atoms with van der Waals surface area (Å²) in [6.07, 6.45) is 3.14. The fourth-order valence-corrected chi connectivity index (χ4v) is 1.15. The highest BCUT2D eigenvalue weighted by atomic mass is 19.1. The third-order valence-electron chi connectivity index (χ3n) is 1.83. The Morgan fingerprint density at radius 3 is 2.57 bits per heavy atom. The molecule has 0 radical (unpaired) electrons. The van der Waals surface area contributed by atoms with E-state index in [-0.39, 0.29) is 5.82 Å². The van der Waals surface area contributed by atoms with Gasteiger partial charge in [0.05, 0.1) is 12.4 Å². The van der Waals surface area contributed by atoms with Crippen LogP contribution in [0.15, 0.2) is 12.4 Å². The van der Waals surface area contributed by atoms with Gasteiger partial charge >= 0.3 is 5.97 Å². The summed E-state index contributed by atoms with van der Waals surface area (Å²) >= 11 is 0. The van der Waals surface area contributed by atoms with Crippen molar-refractivity contribution in [1.29, 1.82) is 0 Å². The van der Waals surface area contributed by atoms with Crippen molar-refractivity contribution < 1.29 is 14.3 Å². The predicted octanol–water partition coefficient (Wildman–Crippen LogP) is 1.58. The molecule has 4 nitrogen and oxygen atoms in total. The van der Waals surface area contributed by atoms with E-state index in [1.165, 1.54) is 0 Å². The van der Waals surface area contributed by atoms with Gasteiger partial charge in [0.25, 0.3) is 0 Å². The molecule has 1 aromatic heterocycles. The van der Waals surface area contributed by atoms with Gasteiger partial charge in [-0.05, 0) is 6.42 Å². The van der Waals surface area contributed by atoms with Gasteiger partial charge in [-0.25, -0.2) is 14.4 Å². The second kappa shape index (κ2) is 4.64. The van der Waals surface area contributed by atoms with E-state index in [1.807, 2.05) is 6.92 Å². The van der Waals surface area contributed by atoms with Crippen LogP contribution in [0.4, 0.5) is 4.39 Å². The van der Waals surface area contributed by atoms with Gasteiger partial charge in [-0.3, -0.25) is 4.79 Å². The topological polar surface area (TPSA) is 63.1 Å². The smallest absolute Gasteiger partial charge is 0.314 e. The summed E-state index contributed by atoms with van der Waals surface area (Å²) in [5.74, 6) is -2.10. The fourth-order valence-electron chi connectivity index (χ4n) is 1.15. The molecule has 5 heteroatoms. The van der Waals surface area contributed by atoms with Gasteiger partial charge in [-0.2, -0.15) is 0 Å². The van der Waals surface area contributed by atoms with Gasteiger partial charge in [0.1, 0.15) is 11.7 Å². The van der Waals surface area contributed by atoms with Crippen LogP contribution in [0.2, 0.25) is 0 Å². The van der Waals surface area contributed by atoms with E-state index in [0.29, 0.717) is 6.42 Å². The van der Waals surface area contributed by atoms with Crippen molar-refractivity contribution in [2.75, 3.05) is 0 Å². The number of nitrogens with zero attached hydrogens (tertiary/aromatic N) is 2. The van der Waals surface area contributed by atoms with E-state index in [1.54, 1.807) is 0 Å². The molecule has 0 amide bonds. The van der Waals surface area contributed by atoms with Crippen LogP contribution in [0, 0.1) is 5.82 Å². The Morgan fingerprint density at radius 1 is 1.57 bits per heavy atom. The summed E-state index contributed by atoms with van der Waals surface area (Å²) in [5, 5.41) is 8.85. The van der Waals surface area contributed by atoms with Crippen LogP contribution in [0.5, 0.6) is 0 Å². The van der Waals surface area contributed by atoms with E-state index < -0.39 is 17.7 Å². The van der Waals surface area contributed by atoms with Gasteiger partial charge in [-0.15, -0.1) is 0 Å². The van der Waals surface area contributed by atoms with E-state index in [2.05, 4.69) is 9.97 Å². The molecule has 0 saturated heterocycles. The molecule has 1 N–H and O–H groups in total. The van der Waals surface area contributed by atoms with Crippen molar-refractivity contribution in [1.82, 2.24) is 9.97 Å². The minimum Gasteiger partial charge on any atom is -0.481 e. The summed E-state index contributed by atoms with van der Waals surface area (Å²) < 4.78 is 12.5. The number of hydrogen-bond acceptors (Lipinski definition) is 3. The number of carbonyl (C=O) groups is 1. The first-order chi connectivity index (χ1) is 6.65. The molecule has 1 heterocycles. The highest BCUT2D eigenvalue weighted by Crippen LogP contribution is 2.17. The van der Waals surface area contributed by atoms with Gasteiger partial charge in [0.2, 0.25) is 0 Å². The number of hydrogen-bond donors (Lipinski definition) is 1. The van der Waals surface area contributed by atoms with Crippen molar-refractivity contribution >= 4 is 5.97 Å². The van der Waals surface area contributed by atoms with Crippen LogP contribution in [0.3, 0.4) is 0 Å². The third kappa shape index (κ3) is 2.48. The second-order valence-electron chi connectivity index (χ2n) is 2.94. The molecule has 0 aliphatic rings. The average molecular weight is 198 g/mol. The molecule has 0 aliphatic heterocycles. The number of halogens is 1. The minimum absolute atomic E-state index is 0.167. The lowest BCUT2D eigenvalue weighted by Crippen LogP contribution is -2.14. The van der Waals surface area contributed by atoms with Crippen molar-refractivity contribution in [2.45, 2.75) is 25.7 Å². The lowest BCUT2D eigenvalue weighted by molar-refractivity contribution is -0.139. The molecule has 0 aliphatic carbocycles. The van der Waals surface area contributed by atoms with Crippen molar-refractivity contribution in [3.63, 3.8) is 0 Å². The first kappa shape index (κ1) is 10.6. The Hall–Kier alpha value is -1.52. The predicted molar refractivity (Wildman–Crippen MR) is 47.3 cm³/mol. The molecule has 14 heavy (non-hydrogen) atoms. The van der Waals surface area contributed by atoms with E-state index in [4.69, 9.17) is 5.11 Å². The number of carboxylic acids is 1. The SMILES string of the molecule is CCCC(C(=O)O)c1ncc(F)cn1. The van der Waals surface area contributed by atoms with Crippen molar-refractivity contribution in [3.05, 3.63) is 24.0 Å². The van der Waals surface area contributed by atoms with Gasteiger partial charge in [0, 0.05) is 0 Å². The van der Waals surface area contributed by atoms with Crippen LogP contribution in [0.25, 0.3) is 0 Å². The average Bonchev–Trinajstić information content (AvgIpc) is 2.15. The Balaban J connectivity index is 2.87. The van der Waals surface area contributed by atoms with Gasteiger partial charge in [-0.1, -0.05) is 13.3 Å². The zero-order valence-corrected chi connectivity index (χ0v) is 7.77. The number of aliphatic carboxylic acids is 1. The molecule has 1 unspecified atom stereocenters. The summed E-state index contributed by atoms with van der Waals surface area (Å²) in [6, 6.07) is 0. The molecule has 0 spiro atoms. The maximum Gasteiger partial charge on any atom is 0.314 e. The van der Waals surface area contributed by atoms with Crippen molar-refractivity contribution in [2.24, 2.45) is 0 Å². The first-order valence-electron chi connectivity index (χ1n) is 4.35. The van der Waals surface area contributed by atoms with Crippen LogP contribution in [-0.2, 0) is 4.79 Å². The van der Waals surface area contributed by atoms with E-state index >= 15 is 0 Å². The largest absolute Gasteiger partial charge is 0.481 e. The summed E-state index contributed by atoms with van der Waals surface area (Å²) in [7, 11) is 0. The highest BCUT2D eigenvalue weighted by molar-refractivity contribution is 5.74. The molecular formula is C9H11FN2O2. The molecule has 1 atom stereocenters. The Morgan fingerprint density at radius 2 is 2.14 bits per heavy atom. The van der Waals surface area contributed by atoms with Gasteiger partial charge < -0.3 is 5.11 Å². The Kier molecular flexibility index (Phi) is 3.50. The molecule has 1 aromatic rings. The maximum atomic E-state index is 12.5. The normalized spacial score (nSPS) is 12.4.